The molecule has 0 spiro atoms. The lowest BCUT2D eigenvalue weighted by Gasteiger charge is -2.11. The summed E-state index contributed by atoms with van der Waals surface area (Å²) in [4.78, 5) is 25.3. The highest BCUT2D eigenvalue weighted by Gasteiger charge is 2.40. The van der Waals surface area contributed by atoms with Crippen LogP contribution in [-0.4, -0.2) is 63.2 Å². The van der Waals surface area contributed by atoms with Crippen LogP contribution in [0.15, 0.2) is 66.7 Å². The number of esters is 2. The number of carbonyl (C=O) groups is 2. The zero-order chi connectivity index (χ0) is 28.9. The standard InChI is InChI=1S/C31H32O10/c1-21-14-26(40-28(32)22-4-8-24(9-5-22)36-19-34-15-30(2)17-38-30)12-13-27(21)41-29(33)23-6-10-25(11-7-23)37-20-35-16-31(3)18-39-31/h4-14H,15-20H2,1-3H3. The second-order valence-electron chi connectivity index (χ2n) is 10.5. The minimum atomic E-state index is -0.529. The van der Waals surface area contributed by atoms with Crippen LogP contribution < -0.4 is 18.9 Å². The predicted octanol–water partition coefficient (Wildman–Crippen LogP) is 4.72. The number of benzene rings is 3. The van der Waals surface area contributed by atoms with Gasteiger partial charge in [-0.2, -0.15) is 0 Å². The largest absolute Gasteiger partial charge is 0.468 e. The molecule has 2 saturated heterocycles. The van der Waals surface area contributed by atoms with Crippen molar-refractivity contribution in [3.05, 3.63) is 83.4 Å². The Hall–Kier alpha value is -3.96. The van der Waals surface area contributed by atoms with Crippen molar-refractivity contribution in [2.75, 3.05) is 40.0 Å². The molecule has 10 heteroatoms. The van der Waals surface area contributed by atoms with Gasteiger partial charge in [-0.1, -0.05) is 0 Å². The first-order valence-electron chi connectivity index (χ1n) is 13.1. The third-order valence-corrected chi connectivity index (χ3v) is 6.45. The van der Waals surface area contributed by atoms with Crippen molar-refractivity contribution in [3.8, 4) is 23.0 Å². The molecule has 41 heavy (non-hydrogen) atoms. The lowest BCUT2D eigenvalue weighted by atomic mass is 10.2. The molecule has 0 amide bonds. The molecule has 0 aliphatic carbocycles. The Kier molecular flexibility index (Phi) is 8.55. The van der Waals surface area contributed by atoms with Crippen molar-refractivity contribution >= 4 is 11.9 Å². The first-order valence-corrected chi connectivity index (χ1v) is 13.1. The first-order chi connectivity index (χ1) is 19.7. The average Bonchev–Trinajstić information content (AvgIpc) is 3.89. The third-order valence-electron chi connectivity index (χ3n) is 6.45. The van der Waals surface area contributed by atoms with E-state index in [4.69, 9.17) is 37.9 Å². The van der Waals surface area contributed by atoms with E-state index in [-0.39, 0.29) is 24.8 Å². The van der Waals surface area contributed by atoms with Crippen LogP contribution in [0.25, 0.3) is 0 Å². The number of epoxide rings is 2. The van der Waals surface area contributed by atoms with Crippen molar-refractivity contribution in [2.24, 2.45) is 0 Å². The molecule has 2 unspecified atom stereocenters. The van der Waals surface area contributed by atoms with E-state index in [0.29, 0.717) is 66.1 Å². The highest BCUT2D eigenvalue weighted by atomic mass is 16.7. The van der Waals surface area contributed by atoms with E-state index < -0.39 is 11.9 Å². The van der Waals surface area contributed by atoms with Gasteiger partial charge >= 0.3 is 11.9 Å². The van der Waals surface area contributed by atoms with Gasteiger partial charge in [-0.25, -0.2) is 9.59 Å². The van der Waals surface area contributed by atoms with Gasteiger partial charge in [0.25, 0.3) is 0 Å². The molecular weight excluding hydrogens is 532 g/mol. The van der Waals surface area contributed by atoms with Crippen molar-refractivity contribution in [1.29, 1.82) is 0 Å². The molecule has 0 saturated carbocycles. The van der Waals surface area contributed by atoms with Gasteiger partial charge in [-0.15, -0.1) is 0 Å². The van der Waals surface area contributed by atoms with Gasteiger partial charge < -0.3 is 37.9 Å². The summed E-state index contributed by atoms with van der Waals surface area (Å²) in [6, 6.07) is 17.9. The number of carbonyl (C=O) groups excluding carboxylic acids is 2. The summed E-state index contributed by atoms with van der Waals surface area (Å²) in [6.07, 6.45) is 0. The van der Waals surface area contributed by atoms with Gasteiger partial charge in [0, 0.05) is 0 Å². The Morgan fingerprint density at radius 3 is 1.56 bits per heavy atom. The molecule has 3 aromatic carbocycles. The van der Waals surface area contributed by atoms with Crippen molar-refractivity contribution < 1.29 is 47.5 Å². The summed E-state index contributed by atoms with van der Waals surface area (Å²) >= 11 is 0. The normalized spacial score (nSPS) is 20.7. The molecule has 2 heterocycles. The zero-order valence-corrected chi connectivity index (χ0v) is 23.2. The summed E-state index contributed by atoms with van der Waals surface area (Å²) < 4.78 is 43.5. The SMILES string of the molecule is Cc1cc(OC(=O)c2ccc(OCOCC3(C)CO3)cc2)ccc1OC(=O)c1ccc(OCOCC2(C)CO2)cc1. The van der Waals surface area contributed by atoms with Crippen LogP contribution in [0.2, 0.25) is 0 Å². The van der Waals surface area contributed by atoms with Gasteiger partial charge in [0.15, 0.2) is 13.6 Å². The lowest BCUT2D eigenvalue weighted by Crippen LogP contribution is -2.17. The monoisotopic (exact) mass is 564 g/mol. The van der Waals surface area contributed by atoms with Crippen LogP contribution in [0.4, 0.5) is 0 Å². The molecule has 0 aromatic heterocycles. The molecule has 2 aliphatic rings. The molecule has 2 atom stereocenters. The topological polar surface area (TPSA) is 115 Å². The summed E-state index contributed by atoms with van der Waals surface area (Å²) in [5, 5.41) is 0. The first kappa shape index (κ1) is 28.6. The Morgan fingerprint density at radius 1 is 0.683 bits per heavy atom. The van der Waals surface area contributed by atoms with Crippen LogP contribution in [0.3, 0.4) is 0 Å². The van der Waals surface area contributed by atoms with Crippen LogP contribution >= 0.6 is 0 Å². The fourth-order valence-corrected chi connectivity index (χ4v) is 3.65. The van der Waals surface area contributed by atoms with E-state index in [1.165, 1.54) is 0 Å². The molecule has 10 nitrogen and oxygen atoms in total. The molecule has 3 aromatic rings. The minimum Gasteiger partial charge on any atom is -0.468 e. The van der Waals surface area contributed by atoms with E-state index in [1.807, 2.05) is 13.8 Å². The lowest BCUT2D eigenvalue weighted by molar-refractivity contribution is -0.00713. The Labute approximate surface area is 238 Å². The molecule has 2 fully saturated rings. The van der Waals surface area contributed by atoms with Crippen LogP contribution in [-0.2, 0) is 18.9 Å². The summed E-state index contributed by atoms with van der Waals surface area (Å²) in [7, 11) is 0. The zero-order valence-electron chi connectivity index (χ0n) is 23.2. The van der Waals surface area contributed by atoms with Crippen LogP contribution in [0.5, 0.6) is 23.0 Å². The van der Waals surface area contributed by atoms with E-state index >= 15 is 0 Å². The van der Waals surface area contributed by atoms with Gasteiger partial charge in [-0.05, 0) is 93.1 Å². The summed E-state index contributed by atoms with van der Waals surface area (Å²) in [5.74, 6) is 0.750. The van der Waals surface area contributed by atoms with Crippen molar-refractivity contribution in [1.82, 2.24) is 0 Å². The molecule has 216 valence electrons. The Morgan fingerprint density at radius 2 is 1.12 bits per heavy atom. The van der Waals surface area contributed by atoms with Gasteiger partial charge in [0.2, 0.25) is 0 Å². The number of ether oxygens (including phenoxy) is 8. The second kappa shape index (κ2) is 12.3. The van der Waals surface area contributed by atoms with Crippen molar-refractivity contribution in [3.63, 3.8) is 0 Å². The Bertz CT molecular complexity index is 1360. The van der Waals surface area contributed by atoms with Crippen LogP contribution in [0.1, 0.15) is 40.1 Å². The summed E-state index contributed by atoms with van der Waals surface area (Å²) in [5.41, 5.74) is 0.950. The maximum Gasteiger partial charge on any atom is 0.343 e. The third kappa shape index (κ3) is 8.27. The molecule has 0 N–H and O–H groups in total. The summed E-state index contributed by atoms with van der Waals surface area (Å²) in [6.45, 7) is 8.18. The number of hydrogen-bond donors (Lipinski definition) is 0. The maximum absolute atomic E-state index is 12.6. The molecule has 0 radical (unpaired) electrons. The highest BCUT2D eigenvalue weighted by Crippen LogP contribution is 2.28. The van der Waals surface area contributed by atoms with Gasteiger partial charge in [0.1, 0.15) is 34.2 Å². The molecule has 0 bridgehead atoms. The molecule has 5 rings (SSSR count). The van der Waals surface area contributed by atoms with E-state index in [2.05, 4.69) is 0 Å². The van der Waals surface area contributed by atoms with Crippen LogP contribution in [0, 0.1) is 6.92 Å². The van der Waals surface area contributed by atoms with Gasteiger partial charge in [-0.3, -0.25) is 0 Å². The second-order valence-corrected chi connectivity index (χ2v) is 10.5. The van der Waals surface area contributed by atoms with Gasteiger partial charge in [0.05, 0.1) is 37.6 Å². The predicted molar refractivity (Wildman–Crippen MR) is 146 cm³/mol. The minimum absolute atomic E-state index is 0.0874. The fraction of sp³-hybridized carbons (Fsp3) is 0.355. The quantitative estimate of drug-likeness (QED) is 0.0896. The number of hydrogen-bond acceptors (Lipinski definition) is 10. The number of aryl methyl sites for hydroxylation is 1. The fourth-order valence-electron chi connectivity index (χ4n) is 3.65. The molecule has 2 aliphatic heterocycles. The van der Waals surface area contributed by atoms with E-state index in [9.17, 15) is 9.59 Å². The smallest absolute Gasteiger partial charge is 0.343 e. The average molecular weight is 565 g/mol. The molecular formula is C31H32O10. The van der Waals surface area contributed by atoms with Crippen molar-refractivity contribution in [2.45, 2.75) is 32.0 Å². The maximum atomic E-state index is 12.6. The van der Waals surface area contributed by atoms with E-state index in [1.54, 1.807) is 73.7 Å². The van der Waals surface area contributed by atoms with E-state index in [0.717, 1.165) is 0 Å². The highest BCUT2D eigenvalue weighted by molar-refractivity contribution is 5.92. The number of rotatable bonds is 14. The Balaban J connectivity index is 1.07.